The Morgan fingerprint density at radius 1 is 1.19 bits per heavy atom. The van der Waals surface area contributed by atoms with Crippen molar-refractivity contribution in [2.45, 2.75) is 44.9 Å². The summed E-state index contributed by atoms with van der Waals surface area (Å²) < 4.78 is 11.0. The van der Waals surface area contributed by atoms with Crippen LogP contribution >= 0.6 is 11.6 Å². The van der Waals surface area contributed by atoms with Gasteiger partial charge in [0.15, 0.2) is 6.10 Å². The Hall–Kier alpha value is -2.53. The van der Waals surface area contributed by atoms with Gasteiger partial charge in [-0.25, -0.2) is 0 Å². The molecule has 1 amide bonds. The summed E-state index contributed by atoms with van der Waals surface area (Å²) in [5.74, 6) is 0.0328. The number of carbonyl (C=O) groups is 2. The summed E-state index contributed by atoms with van der Waals surface area (Å²) in [6.07, 6.45) is -0.373. The van der Waals surface area contributed by atoms with E-state index in [0.717, 1.165) is 5.56 Å². The quantitative estimate of drug-likeness (QED) is 0.765. The molecule has 2 aromatic rings. The van der Waals surface area contributed by atoms with Gasteiger partial charge in [-0.1, -0.05) is 48.0 Å². The topological polar surface area (TPSA) is 64.6 Å². The van der Waals surface area contributed by atoms with Crippen LogP contribution in [0.15, 0.2) is 48.5 Å². The van der Waals surface area contributed by atoms with E-state index in [1.807, 2.05) is 30.3 Å². The zero-order chi connectivity index (χ0) is 19.4. The number of rotatable bonds is 6. The molecule has 0 aliphatic carbocycles. The van der Waals surface area contributed by atoms with Crippen LogP contribution in [0.4, 0.5) is 0 Å². The highest BCUT2D eigenvalue weighted by Crippen LogP contribution is 2.30. The monoisotopic (exact) mass is 387 g/mol. The van der Waals surface area contributed by atoms with Crippen molar-refractivity contribution >= 4 is 23.5 Å². The maximum absolute atomic E-state index is 12.8. The maximum Gasteiger partial charge on any atom is 0.308 e. The number of hydrogen-bond donors (Lipinski definition) is 1. The predicted molar refractivity (Wildman–Crippen MR) is 103 cm³/mol. The molecule has 0 unspecified atom stereocenters. The van der Waals surface area contributed by atoms with Crippen molar-refractivity contribution < 1.29 is 19.1 Å². The summed E-state index contributed by atoms with van der Waals surface area (Å²) >= 11 is 6.29. The Morgan fingerprint density at radius 3 is 2.59 bits per heavy atom. The molecule has 0 saturated carbocycles. The van der Waals surface area contributed by atoms with Crippen LogP contribution < -0.4 is 10.1 Å². The van der Waals surface area contributed by atoms with Crippen LogP contribution in [0.5, 0.6) is 5.75 Å². The van der Waals surface area contributed by atoms with Crippen LogP contribution in [0.2, 0.25) is 5.02 Å². The molecule has 5 nitrogen and oxygen atoms in total. The molecule has 1 N–H and O–H groups in total. The maximum atomic E-state index is 12.8. The van der Waals surface area contributed by atoms with Crippen molar-refractivity contribution in [3.8, 4) is 5.75 Å². The van der Waals surface area contributed by atoms with Crippen molar-refractivity contribution in [3.05, 3.63) is 64.7 Å². The summed E-state index contributed by atoms with van der Waals surface area (Å²) in [5, 5.41) is 3.39. The number of nitrogens with one attached hydrogen (secondary N) is 1. The minimum absolute atomic E-state index is 0.00663. The second kappa shape index (κ2) is 8.44. The Morgan fingerprint density at radius 2 is 1.89 bits per heavy atom. The highest BCUT2D eigenvalue weighted by Gasteiger charge is 2.31. The average molecular weight is 388 g/mol. The molecule has 1 aliphatic heterocycles. The summed E-state index contributed by atoms with van der Waals surface area (Å²) in [4.78, 5) is 25.0. The summed E-state index contributed by atoms with van der Waals surface area (Å²) in [6.45, 7) is 3.56. The molecule has 1 aliphatic rings. The van der Waals surface area contributed by atoms with Gasteiger partial charge in [-0.2, -0.15) is 0 Å². The van der Waals surface area contributed by atoms with Crippen LogP contribution in [0, 0.1) is 0 Å². The number of esters is 1. The number of amides is 1. The van der Waals surface area contributed by atoms with Crippen molar-refractivity contribution in [2.24, 2.45) is 0 Å². The van der Waals surface area contributed by atoms with Gasteiger partial charge in [0.05, 0.1) is 18.6 Å². The first-order chi connectivity index (χ1) is 12.9. The lowest BCUT2D eigenvalue weighted by Crippen LogP contribution is -2.40. The minimum Gasteiger partial charge on any atom is -0.480 e. The van der Waals surface area contributed by atoms with Crippen LogP contribution in [0.3, 0.4) is 0 Å². The van der Waals surface area contributed by atoms with E-state index in [-0.39, 0.29) is 18.4 Å². The fourth-order valence-corrected chi connectivity index (χ4v) is 3.33. The van der Waals surface area contributed by atoms with Crippen molar-refractivity contribution in [3.63, 3.8) is 0 Å². The molecule has 2 aromatic carbocycles. The van der Waals surface area contributed by atoms with Gasteiger partial charge in [0.25, 0.3) is 5.91 Å². The molecule has 0 fully saturated rings. The first-order valence-electron chi connectivity index (χ1n) is 8.93. The average Bonchev–Trinajstić information content (AvgIpc) is 3.05. The Labute approximate surface area is 163 Å². The zero-order valence-corrected chi connectivity index (χ0v) is 16.0. The fraction of sp³-hybridized carbons (Fsp3) is 0.333. The van der Waals surface area contributed by atoms with Gasteiger partial charge in [-0.05, 0) is 37.1 Å². The van der Waals surface area contributed by atoms with E-state index < -0.39 is 18.1 Å². The molecule has 1 heterocycles. The number of halogens is 1. The van der Waals surface area contributed by atoms with Crippen molar-refractivity contribution in [2.75, 3.05) is 0 Å². The van der Waals surface area contributed by atoms with E-state index in [1.165, 1.54) is 0 Å². The van der Waals surface area contributed by atoms with E-state index in [1.54, 1.807) is 32.0 Å². The molecule has 0 saturated heterocycles. The van der Waals surface area contributed by atoms with Crippen molar-refractivity contribution in [1.82, 2.24) is 5.32 Å². The number of ether oxygens (including phenoxy) is 2. The molecule has 27 heavy (non-hydrogen) atoms. The predicted octanol–water partition coefficient (Wildman–Crippen LogP) is 3.84. The number of fused-ring (bicyclic) bond motifs is 1. The third-order valence-electron chi connectivity index (χ3n) is 4.27. The van der Waals surface area contributed by atoms with Crippen molar-refractivity contribution in [1.29, 1.82) is 0 Å². The molecule has 0 spiro atoms. The van der Waals surface area contributed by atoms with Gasteiger partial charge in [0, 0.05) is 11.4 Å². The molecule has 3 rings (SSSR count). The van der Waals surface area contributed by atoms with E-state index >= 15 is 0 Å². The molecular weight excluding hydrogens is 366 g/mol. The lowest BCUT2D eigenvalue weighted by atomic mass is 10.0. The van der Waals surface area contributed by atoms with E-state index in [4.69, 9.17) is 21.1 Å². The number of para-hydroxylation sites is 1. The van der Waals surface area contributed by atoms with Gasteiger partial charge in [-0.15, -0.1) is 0 Å². The Balaban J connectivity index is 1.74. The standard InChI is InChI=1S/C21H22ClNO4/c1-13(2)26-20(24)12-17(15-8-4-5-9-16(15)22)23-21(25)19-11-14-7-3-6-10-18(14)27-19/h3-10,13,17,19H,11-12H2,1-2H3,(H,23,25)/t17-,19+/m1/s1. The van der Waals surface area contributed by atoms with E-state index in [2.05, 4.69) is 5.32 Å². The van der Waals surface area contributed by atoms with Gasteiger partial charge >= 0.3 is 5.97 Å². The minimum atomic E-state index is -0.631. The summed E-state index contributed by atoms with van der Waals surface area (Å²) in [7, 11) is 0. The normalized spacial score (nSPS) is 16.4. The third-order valence-corrected chi connectivity index (χ3v) is 4.62. The summed E-state index contributed by atoms with van der Waals surface area (Å²) in [5.41, 5.74) is 1.66. The molecule has 6 heteroatoms. The first-order valence-corrected chi connectivity index (χ1v) is 9.30. The highest BCUT2D eigenvalue weighted by molar-refractivity contribution is 6.31. The SMILES string of the molecule is CC(C)OC(=O)C[C@@H](NC(=O)[C@@H]1Cc2ccccc2O1)c1ccccc1Cl. The van der Waals surface area contributed by atoms with E-state index in [9.17, 15) is 9.59 Å². The molecule has 142 valence electrons. The largest absolute Gasteiger partial charge is 0.480 e. The summed E-state index contributed by atoms with van der Waals surface area (Å²) in [6, 6.07) is 14.1. The van der Waals surface area contributed by atoms with Crippen LogP contribution in [0.1, 0.15) is 37.4 Å². The van der Waals surface area contributed by atoms with Crippen LogP contribution in [-0.2, 0) is 20.7 Å². The molecular formula is C21H22ClNO4. The third kappa shape index (κ3) is 4.80. The number of hydrogen-bond acceptors (Lipinski definition) is 4. The Bertz CT molecular complexity index is 811. The second-order valence-corrected chi connectivity index (χ2v) is 7.15. The van der Waals surface area contributed by atoms with E-state index in [0.29, 0.717) is 22.8 Å². The fourth-order valence-electron chi connectivity index (χ4n) is 3.07. The molecule has 0 bridgehead atoms. The molecule has 2 atom stereocenters. The van der Waals surface area contributed by atoms with Gasteiger partial charge in [-0.3, -0.25) is 9.59 Å². The first kappa shape index (κ1) is 19.2. The lowest BCUT2D eigenvalue weighted by Gasteiger charge is -2.22. The van der Waals surface area contributed by atoms with Gasteiger partial charge in [0.1, 0.15) is 5.75 Å². The van der Waals surface area contributed by atoms with Crippen LogP contribution in [-0.4, -0.2) is 24.1 Å². The number of carbonyl (C=O) groups excluding carboxylic acids is 2. The lowest BCUT2D eigenvalue weighted by molar-refractivity contribution is -0.148. The molecule has 0 aromatic heterocycles. The van der Waals surface area contributed by atoms with Crippen LogP contribution in [0.25, 0.3) is 0 Å². The van der Waals surface area contributed by atoms with Gasteiger partial charge < -0.3 is 14.8 Å². The molecule has 0 radical (unpaired) electrons. The zero-order valence-electron chi connectivity index (χ0n) is 15.3. The highest BCUT2D eigenvalue weighted by atomic mass is 35.5. The number of benzene rings is 2. The van der Waals surface area contributed by atoms with Gasteiger partial charge in [0.2, 0.25) is 0 Å². The second-order valence-electron chi connectivity index (χ2n) is 6.74. The Kier molecular flexibility index (Phi) is 6.01. The smallest absolute Gasteiger partial charge is 0.308 e.